The smallest absolute Gasteiger partial charge is 0.253 e. The van der Waals surface area contributed by atoms with Gasteiger partial charge in [-0.2, -0.15) is 0 Å². The first kappa shape index (κ1) is 20.8. The molecule has 1 aliphatic carbocycles. The van der Waals surface area contributed by atoms with Crippen molar-refractivity contribution in [2.75, 3.05) is 40.0 Å². The summed E-state index contributed by atoms with van der Waals surface area (Å²) in [6.45, 7) is 6.17. The Morgan fingerprint density at radius 2 is 1.90 bits per heavy atom. The van der Waals surface area contributed by atoms with E-state index in [1.165, 1.54) is 32.1 Å². The van der Waals surface area contributed by atoms with Gasteiger partial charge in [-0.1, -0.05) is 37.0 Å². The van der Waals surface area contributed by atoms with Crippen LogP contribution in [0.2, 0.25) is 0 Å². The van der Waals surface area contributed by atoms with Gasteiger partial charge < -0.3 is 14.4 Å². The van der Waals surface area contributed by atoms with Crippen LogP contribution >= 0.6 is 0 Å². The minimum absolute atomic E-state index is 0.184. The van der Waals surface area contributed by atoms with Gasteiger partial charge in [0.05, 0.1) is 19.3 Å². The molecule has 1 spiro atoms. The number of carbonyl (C=O) groups excluding carboxylic acids is 1. The van der Waals surface area contributed by atoms with Gasteiger partial charge in [0.1, 0.15) is 0 Å². The number of carbonyl (C=O) groups is 1. The summed E-state index contributed by atoms with van der Waals surface area (Å²) in [5.41, 5.74) is 2.20. The van der Waals surface area contributed by atoms with Crippen molar-refractivity contribution in [2.45, 2.75) is 69.6 Å². The second-order valence-corrected chi connectivity index (χ2v) is 9.06. The number of benzene rings is 1. The Labute approximate surface area is 175 Å². The molecule has 0 N–H and O–H groups in total. The van der Waals surface area contributed by atoms with Crippen LogP contribution in [0.15, 0.2) is 24.3 Å². The second kappa shape index (κ2) is 9.15. The number of nitrogens with zero attached hydrogens (tertiary/aromatic N) is 2. The average Bonchev–Trinajstić information content (AvgIpc) is 2.76. The Hall–Kier alpha value is -1.43. The van der Waals surface area contributed by atoms with E-state index in [9.17, 15) is 4.79 Å². The van der Waals surface area contributed by atoms with Crippen molar-refractivity contribution < 1.29 is 14.3 Å². The van der Waals surface area contributed by atoms with Gasteiger partial charge in [-0.25, -0.2) is 0 Å². The van der Waals surface area contributed by atoms with Gasteiger partial charge in [-0.05, 0) is 44.7 Å². The monoisotopic (exact) mass is 400 g/mol. The van der Waals surface area contributed by atoms with Crippen LogP contribution in [0.1, 0.15) is 60.9 Å². The molecule has 0 radical (unpaired) electrons. The summed E-state index contributed by atoms with van der Waals surface area (Å²) in [5.74, 6) is 0.184. The van der Waals surface area contributed by atoms with Crippen LogP contribution < -0.4 is 0 Å². The number of rotatable bonds is 6. The molecular formula is C24H36N2O3. The summed E-state index contributed by atoms with van der Waals surface area (Å²) in [7, 11) is 1.73. The van der Waals surface area contributed by atoms with Gasteiger partial charge in [0.2, 0.25) is 0 Å². The Bertz CT molecular complexity index is 693. The summed E-state index contributed by atoms with van der Waals surface area (Å²) >= 11 is 0. The van der Waals surface area contributed by atoms with Crippen LogP contribution in [0.3, 0.4) is 0 Å². The number of likely N-dealkylation sites (tertiary alicyclic amines) is 2. The summed E-state index contributed by atoms with van der Waals surface area (Å²) < 4.78 is 11.4. The summed E-state index contributed by atoms with van der Waals surface area (Å²) in [6.07, 6.45) is 8.99. The molecule has 5 nitrogen and oxygen atoms in total. The van der Waals surface area contributed by atoms with Crippen molar-refractivity contribution in [1.29, 1.82) is 0 Å². The molecule has 1 amide bonds. The van der Waals surface area contributed by atoms with Crippen LogP contribution in [0.4, 0.5) is 0 Å². The quantitative estimate of drug-likeness (QED) is 0.684. The molecule has 1 aromatic carbocycles. The van der Waals surface area contributed by atoms with Crippen LogP contribution in [0.5, 0.6) is 0 Å². The van der Waals surface area contributed by atoms with E-state index in [4.69, 9.17) is 9.47 Å². The molecule has 1 atom stereocenters. The zero-order valence-electron chi connectivity index (χ0n) is 18.1. The standard InChI is InChI=1S/C24H36N2O3/c1-19-7-6-8-20(17-19)23(27)25-13-9-21(10-14-25)26-18-22(29-16-15-28-2)24(26)11-4-3-5-12-24/h6-8,17,21-22H,3-5,9-16,18H2,1-2H3. The highest BCUT2D eigenvalue weighted by Crippen LogP contribution is 2.47. The molecule has 1 unspecified atom stereocenters. The second-order valence-electron chi connectivity index (χ2n) is 9.06. The van der Waals surface area contributed by atoms with Crippen LogP contribution in [0.25, 0.3) is 0 Å². The lowest BCUT2D eigenvalue weighted by Gasteiger charge is -2.63. The third kappa shape index (κ3) is 4.23. The molecule has 2 saturated heterocycles. The van der Waals surface area contributed by atoms with Gasteiger partial charge >= 0.3 is 0 Å². The topological polar surface area (TPSA) is 42.0 Å². The zero-order valence-corrected chi connectivity index (χ0v) is 18.1. The highest BCUT2D eigenvalue weighted by atomic mass is 16.5. The normalized spacial score (nSPS) is 25.2. The maximum absolute atomic E-state index is 12.9. The molecule has 2 aliphatic heterocycles. The van der Waals surface area contributed by atoms with E-state index in [1.807, 2.05) is 36.1 Å². The Balaban J connectivity index is 1.36. The third-order valence-electron chi connectivity index (χ3n) is 7.32. The maximum atomic E-state index is 12.9. The van der Waals surface area contributed by atoms with Crippen molar-refractivity contribution >= 4 is 5.91 Å². The van der Waals surface area contributed by atoms with Crippen molar-refractivity contribution in [2.24, 2.45) is 0 Å². The Kier molecular flexibility index (Phi) is 6.57. The minimum Gasteiger partial charge on any atom is -0.382 e. The molecule has 0 bridgehead atoms. The number of hydrogen-bond donors (Lipinski definition) is 0. The molecule has 0 aromatic heterocycles. The minimum atomic E-state index is 0.184. The number of hydrogen-bond acceptors (Lipinski definition) is 4. The number of amides is 1. The van der Waals surface area contributed by atoms with E-state index in [2.05, 4.69) is 4.90 Å². The van der Waals surface area contributed by atoms with Crippen LogP contribution in [0, 0.1) is 6.92 Å². The van der Waals surface area contributed by atoms with E-state index in [-0.39, 0.29) is 11.4 Å². The fourth-order valence-electron chi connectivity index (χ4n) is 5.71. The third-order valence-corrected chi connectivity index (χ3v) is 7.32. The number of ether oxygens (including phenoxy) is 2. The maximum Gasteiger partial charge on any atom is 0.253 e. The van der Waals surface area contributed by atoms with Crippen LogP contribution in [-0.2, 0) is 9.47 Å². The molecule has 3 fully saturated rings. The first-order valence-corrected chi connectivity index (χ1v) is 11.4. The lowest BCUT2D eigenvalue weighted by atomic mass is 9.69. The molecule has 5 heteroatoms. The van der Waals surface area contributed by atoms with Crippen LogP contribution in [-0.4, -0.2) is 73.3 Å². The molecular weight excluding hydrogens is 364 g/mol. The van der Waals surface area contributed by atoms with Crippen molar-refractivity contribution in [1.82, 2.24) is 9.80 Å². The van der Waals surface area contributed by atoms with Gasteiger partial charge in [0.15, 0.2) is 0 Å². The SMILES string of the molecule is COCCOC1CN(C2CCN(C(=O)c3cccc(C)c3)CC2)C12CCCCC2. The summed E-state index contributed by atoms with van der Waals surface area (Å²) in [4.78, 5) is 17.7. The number of piperidine rings is 1. The van der Waals surface area contributed by atoms with E-state index < -0.39 is 0 Å². The average molecular weight is 401 g/mol. The summed E-state index contributed by atoms with van der Waals surface area (Å²) in [6, 6.07) is 8.55. The predicted octanol–water partition coefficient (Wildman–Crippen LogP) is 3.65. The molecule has 1 aromatic rings. The molecule has 1 saturated carbocycles. The summed E-state index contributed by atoms with van der Waals surface area (Å²) in [5, 5.41) is 0. The van der Waals surface area contributed by atoms with E-state index in [0.717, 1.165) is 43.6 Å². The lowest BCUT2D eigenvalue weighted by Crippen LogP contribution is -2.75. The van der Waals surface area contributed by atoms with E-state index in [0.29, 0.717) is 25.4 Å². The Morgan fingerprint density at radius 3 is 2.59 bits per heavy atom. The molecule has 4 rings (SSSR count). The van der Waals surface area contributed by atoms with Gasteiger partial charge in [-0.3, -0.25) is 9.69 Å². The first-order valence-electron chi connectivity index (χ1n) is 11.4. The van der Waals surface area contributed by atoms with Crippen molar-refractivity contribution in [3.63, 3.8) is 0 Å². The molecule has 160 valence electrons. The van der Waals surface area contributed by atoms with Crippen molar-refractivity contribution in [3.8, 4) is 0 Å². The van der Waals surface area contributed by atoms with Gasteiger partial charge in [0, 0.05) is 43.9 Å². The van der Waals surface area contributed by atoms with Gasteiger partial charge in [-0.15, -0.1) is 0 Å². The number of methoxy groups -OCH3 is 1. The predicted molar refractivity (Wildman–Crippen MR) is 114 cm³/mol. The largest absolute Gasteiger partial charge is 0.382 e. The fourth-order valence-corrected chi connectivity index (χ4v) is 5.71. The van der Waals surface area contributed by atoms with Crippen molar-refractivity contribution in [3.05, 3.63) is 35.4 Å². The highest BCUT2D eigenvalue weighted by molar-refractivity contribution is 5.94. The lowest BCUT2D eigenvalue weighted by molar-refractivity contribution is -0.203. The van der Waals surface area contributed by atoms with E-state index >= 15 is 0 Å². The molecule has 29 heavy (non-hydrogen) atoms. The van der Waals surface area contributed by atoms with E-state index in [1.54, 1.807) is 7.11 Å². The first-order chi connectivity index (χ1) is 14.1. The van der Waals surface area contributed by atoms with Gasteiger partial charge in [0.25, 0.3) is 5.91 Å². The molecule has 2 heterocycles. The number of aryl methyl sites for hydroxylation is 1. The Morgan fingerprint density at radius 1 is 1.14 bits per heavy atom. The molecule has 3 aliphatic rings. The highest BCUT2D eigenvalue weighted by Gasteiger charge is 2.56. The zero-order chi connectivity index (χ0) is 20.3. The fraction of sp³-hybridized carbons (Fsp3) is 0.708.